The molecule has 1 N–H and O–H groups in total. The highest BCUT2D eigenvalue weighted by Crippen LogP contribution is 2.41. The number of ether oxygens (including phenoxy) is 1. The summed E-state index contributed by atoms with van der Waals surface area (Å²) in [4.78, 5) is 21.9. The third-order valence-corrected chi connectivity index (χ3v) is 3.50. The Labute approximate surface area is 97.7 Å². The van der Waals surface area contributed by atoms with Gasteiger partial charge in [0.05, 0.1) is 7.11 Å². The van der Waals surface area contributed by atoms with E-state index < -0.39 is 12.0 Å². The highest BCUT2D eigenvalue weighted by Gasteiger charge is 2.37. The topological polar surface area (TPSA) is 55.4 Å². The maximum absolute atomic E-state index is 11.5. The molecule has 0 aliphatic heterocycles. The SMILES string of the molecule is COC(=O)C(CC(C)(C)C(C)(C)C)NC=O. The van der Waals surface area contributed by atoms with E-state index in [1.54, 1.807) is 0 Å². The summed E-state index contributed by atoms with van der Waals surface area (Å²) in [7, 11) is 1.33. The van der Waals surface area contributed by atoms with Crippen LogP contribution in [0.25, 0.3) is 0 Å². The van der Waals surface area contributed by atoms with E-state index in [-0.39, 0.29) is 10.8 Å². The zero-order valence-corrected chi connectivity index (χ0v) is 11.1. The van der Waals surface area contributed by atoms with Crippen LogP contribution < -0.4 is 5.32 Å². The van der Waals surface area contributed by atoms with Crippen molar-refractivity contribution in [3.63, 3.8) is 0 Å². The van der Waals surface area contributed by atoms with Gasteiger partial charge in [-0.15, -0.1) is 0 Å². The van der Waals surface area contributed by atoms with Crippen LogP contribution in [-0.4, -0.2) is 25.5 Å². The summed E-state index contributed by atoms with van der Waals surface area (Å²) in [6.45, 7) is 10.5. The van der Waals surface area contributed by atoms with Crippen LogP contribution in [0.4, 0.5) is 0 Å². The van der Waals surface area contributed by atoms with E-state index in [1.807, 2.05) is 0 Å². The summed E-state index contributed by atoms with van der Waals surface area (Å²) in [5, 5.41) is 2.51. The molecule has 4 heteroatoms. The molecule has 0 bridgehead atoms. The van der Waals surface area contributed by atoms with E-state index in [0.717, 1.165) is 0 Å². The fourth-order valence-electron chi connectivity index (χ4n) is 1.25. The number of methoxy groups -OCH3 is 1. The van der Waals surface area contributed by atoms with Crippen LogP contribution in [0.5, 0.6) is 0 Å². The minimum atomic E-state index is -0.572. The Morgan fingerprint density at radius 2 is 1.81 bits per heavy atom. The normalized spacial score (nSPS) is 14.1. The summed E-state index contributed by atoms with van der Waals surface area (Å²) in [6, 6.07) is -0.572. The van der Waals surface area contributed by atoms with Gasteiger partial charge >= 0.3 is 5.97 Å². The summed E-state index contributed by atoms with van der Waals surface area (Å²) in [5.41, 5.74) is -0.0360. The number of rotatable bonds is 5. The minimum Gasteiger partial charge on any atom is -0.467 e. The molecule has 0 saturated carbocycles. The van der Waals surface area contributed by atoms with Crippen molar-refractivity contribution in [2.24, 2.45) is 10.8 Å². The number of amides is 1. The van der Waals surface area contributed by atoms with Gasteiger partial charge in [-0.3, -0.25) is 4.79 Å². The first kappa shape index (κ1) is 14.9. The van der Waals surface area contributed by atoms with Crippen molar-refractivity contribution in [1.29, 1.82) is 0 Å². The van der Waals surface area contributed by atoms with Crippen molar-refractivity contribution in [3.05, 3.63) is 0 Å². The van der Waals surface area contributed by atoms with Crippen molar-refractivity contribution in [3.8, 4) is 0 Å². The van der Waals surface area contributed by atoms with Crippen molar-refractivity contribution in [1.82, 2.24) is 5.32 Å². The lowest BCUT2D eigenvalue weighted by Gasteiger charge is -2.40. The Balaban J connectivity index is 4.75. The van der Waals surface area contributed by atoms with E-state index in [0.29, 0.717) is 12.8 Å². The van der Waals surface area contributed by atoms with Crippen molar-refractivity contribution in [2.45, 2.75) is 47.1 Å². The Morgan fingerprint density at radius 1 is 1.31 bits per heavy atom. The van der Waals surface area contributed by atoms with E-state index in [4.69, 9.17) is 0 Å². The molecule has 0 aromatic heterocycles. The Bertz CT molecular complexity index is 253. The van der Waals surface area contributed by atoms with E-state index in [1.165, 1.54) is 7.11 Å². The van der Waals surface area contributed by atoms with Gasteiger partial charge in [0.15, 0.2) is 0 Å². The van der Waals surface area contributed by atoms with Gasteiger partial charge in [-0.25, -0.2) is 4.79 Å². The average molecular weight is 229 g/mol. The van der Waals surface area contributed by atoms with Crippen LogP contribution >= 0.6 is 0 Å². The van der Waals surface area contributed by atoms with Crippen LogP contribution in [-0.2, 0) is 14.3 Å². The average Bonchev–Trinajstić information content (AvgIpc) is 2.14. The van der Waals surface area contributed by atoms with Crippen molar-refractivity contribution < 1.29 is 14.3 Å². The Kier molecular flexibility index (Phi) is 4.97. The zero-order valence-electron chi connectivity index (χ0n) is 11.1. The summed E-state index contributed by atoms with van der Waals surface area (Å²) in [5.74, 6) is -0.399. The molecular weight excluding hydrogens is 206 g/mol. The second-order valence-electron chi connectivity index (χ2n) is 5.70. The van der Waals surface area contributed by atoms with Gasteiger partial charge in [0.2, 0.25) is 6.41 Å². The molecule has 94 valence electrons. The van der Waals surface area contributed by atoms with Crippen LogP contribution in [0.15, 0.2) is 0 Å². The second-order valence-corrected chi connectivity index (χ2v) is 5.70. The lowest BCUT2D eigenvalue weighted by atomic mass is 9.66. The molecule has 0 radical (unpaired) electrons. The van der Waals surface area contributed by atoms with Gasteiger partial charge in [0.1, 0.15) is 6.04 Å². The number of carbonyl (C=O) groups excluding carboxylic acids is 2. The van der Waals surface area contributed by atoms with E-state index in [2.05, 4.69) is 44.7 Å². The van der Waals surface area contributed by atoms with Crippen LogP contribution in [0, 0.1) is 10.8 Å². The van der Waals surface area contributed by atoms with Crippen LogP contribution in [0.3, 0.4) is 0 Å². The molecular formula is C12H23NO3. The standard InChI is InChI=1S/C12H23NO3/c1-11(2,3)12(4,5)7-9(13-8-14)10(15)16-6/h8-9H,7H2,1-6H3,(H,13,14). The third-order valence-electron chi connectivity index (χ3n) is 3.50. The highest BCUT2D eigenvalue weighted by molar-refractivity contribution is 5.78. The van der Waals surface area contributed by atoms with E-state index in [9.17, 15) is 9.59 Å². The number of esters is 1. The predicted octanol–water partition coefficient (Wildman–Crippen LogP) is 1.74. The van der Waals surface area contributed by atoms with Gasteiger partial charge in [-0.05, 0) is 17.3 Å². The minimum absolute atomic E-state index is 0.0455. The Morgan fingerprint density at radius 3 is 2.12 bits per heavy atom. The molecule has 0 saturated heterocycles. The molecule has 0 aromatic carbocycles. The van der Waals surface area contributed by atoms with Gasteiger partial charge in [0, 0.05) is 0 Å². The van der Waals surface area contributed by atoms with Crippen molar-refractivity contribution in [2.75, 3.05) is 7.11 Å². The molecule has 0 rings (SSSR count). The first-order chi connectivity index (χ1) is 7.15. The molecule has 16 heavy (non-hydrogen) atoms. The molecule has 0 fully saturated rings. The van der Waals surface area contributed by atoms with E-state index >= 15 is 0 Å². The molecule has 0 heterocycles. The molecule has 1 unspecified atom stereocenters. The number of nitrogens with one attached hydrogen (secondary N) is 1. The first-order valence-corrected chi connectivity index (χ1v) is 5.43. The maximum atomic E-state index is 11.5. The third kappa shape index (κ3) is 3.83. The van der Waals surface area contributed by atoms with Crippen LogP contribution in [0.1, 0.15) is 41.0 Å². The van der Waals surface area contributed by atoms with Crippen LogP contribution in [0.2, 0.25) is 0 Å². The zero-order chi connectivity index (χ0) is 13.0. The van der Waals surface area contributed by atoms with Gasteiger partial charge in [0.25, 0.3) is 0 Å². The fourth-order valence-corrected chi connectivity index (χ4v) is 1.25. The summed E-state index contributed by atoms with van der Waals surface area (Å²) in [6.07, 6.45) is 1.10. The molecule has 1 amide bonds. The molecule has 0 aliphatic rings. The van der Waals surface area contributed by atoms with Gasteiger partial charge in [-0.2, -0.15) is 0 Å². The Hall–Kier alpha value is -1.06. The fraction of sp³-hybridized carbons (Fsp3) is 0.833. The molecule has 1 atom stereocenters. The maximum Gasteiger partial charge on any atom is 0.328 e. The predicted molar refractivity (Wildman–Crippen MR) is 62.9 cm³/mol. The summed E-state index contributed by atoms with van der Waals surface area (Å²) >= 11 is 0. The molecule has 0 spiro atoms. The molecule has 4 nitrogen and oxygen atoms in total. The van der Waals surface area contributed by atoms with Crippen molar-refractivity contribution >= 4 is 12.4 Å². The molecule has 0 aliphatic carbocycles. The largest absolute Gasteiger partial charge is 0.467 e. The number of hydrogen-bond donors (Lipinski definition) is 1. The first-order valence-electron chi connectivity index (χ1n) is 5.43. The quantitative estimate of drug-likeness (QED) is 0.577. The monoisotopic (exact) mass is 229 g/mol. The second kappa shape index (κ2) is 5.32. The summed E-state index contributed by atoms with van der Waals surface area (Å²) < 4.78 is 4.66. The number of carbonyl (C=O) groups is 2. The lowest BCUT2D eigenvalue weighted by molar-refractivity contribution is -0.145. The number of hydrogen-bond acceptors (Lipinski definition) is 3. The van der Waals surface area contributed by atoms with Gasteiger partial charge < -0.3 is 10.1 Å². The highest BCUT2D eigenvalue weighted by atomic mass is 16.5. The van der Waals surface area contributed by atoms with Gasteiger partial charge in [-0.1, -0.05) is 34.6 Å². The lowest BCUT2D eigenvalue weighted by Crippen LogP contribution is -2.43. The molecule has 0 aromatic rings. The smallest absolute Gasteiger partial charge is 0.328 e.